The monoisotopic (exact) mass is 301 g/mol. The number of aromatic nitrogens is 2. The van der Waals surface area contributed by atoms with Crippen molar-refractivity contribution in [1.29, 1.82) is 0 Å². The van der Waals surface area contributed by atoms with Crippen molar-refractivity contribution >= 4 is 28.2 Å². The third kappa shape index (κ3) is 2.81. The number of H-pyrrole nitrogens is 1. The van der Waals surface area contributed by atoms with Crippen molar-refractivity contribution in [2.75, 3.05) is 11.9 Å². The fraction of sp³-hybridized carbons (Fsp3) is 0.200. The number of fused-ring (bicyclic) bond motifs is 1. The molecular weight excluding hydrogens is 286 g/mol. The third-order valence-corrected chi connectivity index (χ3v) is 4.04. The van der Waals surface area contributed by atoms with Gasteiger partial charge in [0.25, 0.3) is 5.56 Å². The number of thiophene rings is 1. The Morgan fingerprint density at radius 2 is 2.19 bits per heavy atom. The summed E-state index contributed by atoms with van der Waals surface area (Å²) in [7, 11) is 0. The molecule has 21 heavy (non-hydrogen) atoms. The number of aliphatic hydroxyl groups is 1. The molecule has 3 aromatic rings. The normalized spacial score (nSPS) is 14.0. The van der Waals surface area contributed by atoms with E-state index < -0.39 is 5.60 Å². The van der Waals surface area contributed by atoms with Gasteiger partial charge in [0, 0.05) is 0 Å². The predicted octanol–water partition coefficient (Wildman–Crippen LogP) is 2.30. The number of para-hydroxylation sites is 1. The van der Waals surface area contributed by atoms with Gasteiger partial charge in [-0.15, -0.1) is 0 Å². The van der Waals surface area contributed by atoms with Crippen molar-refractivity contribution in [3.8, 4) is 0 Å². The molecular formula is C15H15N3O2S. The predicted molar refractivity (Wildman–Crippen MR) is 84.7 cm³/mol. The van der Waals surface area contributed by atoms with Gasteiger partial charge in [0.15, 0.2) is 0 Å². The van der Waals surface area contributed by atoms with Crippen molar-refractivity contribution in [2.24, 2.45) is 0 Å². The van der Waals surface area contributed by atoms with Crippen molar-refractivity contribution < 1.29 is 5.11 Å². The standard InChI is InChI=1S/C15H15N3O2S/c1-15(20,10-6-7-21-8-10)9-16-14-17-12-5-3-2-4-11(12)13(19)18-14/h2-8,20H,9H2,1H3,(H2,16,17,18,19). The highest BCUT2D eigenvalue weighted by molar-refractivity contribution is 7.08. The number of anilines is 1. The van der Waals surface area contributed by atoms with Gasteiger partial charge in [-0.3, -0.25) is 9.78 Å². The van der Waals surface area contributed by atoms with Crippen LogP contribution in [0.25, 0.3) is 10.9 Å². The smallest absolute Gasteiger partial charge is 0.260 e. The van der Waals surface area contributed by atoms with Gasteiger partial charge < -0.3 is 10.4 Å². The van der Waals surface area contributed by atoms with Crippen molar-refractivity contribution in [1.82, 2.24) is 9.97 Å². The lowest BCUT2D eigenvalue weighted by molar-refractivity contribution is 0.0718. The van der Waals surface area contributed by atoms with Crippen LogP contribution in [0.3, 0.4) is 0 Å². The number of aromatic amines is 1. The maximum absolute atomic E-state index is 12.0. The fourth-order valence-corrected chi connectivity index (χ4v) is 2.88. The molecule has 3 rings (SSSR count). The molecule has 1 aromatic carbocycles. The van der Waals surface area contributed by atoms with Crippen LogP contribution >= 0.6 is 11.3 Å². The van der Waals surface area contributed by atoms with Gasteiger partial charge in [-0.1, -0.05) is 12.1 Å². The first-order valence-electron chi connectivity index (χ1n) is 6.54. The zero-order chi connectivity index (χ0) is 14.9. The Balaban J connectivity index is 1.84. The van der Waals surface area contributed by atoms with E-state index >= 15 is 0 Å². The van der Waals surface area contributed by atoms with Crippen LogP contribution in [0, 0.1) is 0 Å². The Labute approximate surface area is 125 Å². The SMILES string of the molecule is CC(O)(CNc1nc2ccccc2c(=O)[nH]1)c1ccsc1. The van der Waals surface area contributed by atoms with E-state index in [9.17, 15) is 9.90 Å². The average Bonchev–Trinajstić information content (AvgIpc) is 3.00. The van der Waals surface area contributed by atoms with Crippen LogP contribution < -0.4 is 10.9 Å². The van der Waals surface area contributed by atoms with Crippen LogP contribution in [0.1, 0.15) is 12.5 Å². The highest BCUT2D eigenvalue weighted by Crippen LogP contribution is 2.23. The van der Waals surface area contributed by atoms with E-state index in [1.54, 1.807) is 25.1 Å². The first-order valence-corrected chi connectivity index (χ1v) is 7.48. The lowest BCUT2D eigenvalue weighted by atomic mass is 9.99. The summed E-state index contributed by atoms with van der Waals surface area (Å²) < 4.78 is 0. The number of nitrogens with zero attached hydrogens (tertiary/aromatic N) is 1. The molecule has 0 radical (unpaired) electrons. The molecule has 0 saturated carbocycles. The van der Waals surface area contributed by atoms with E-state index in [0.717, 1.165) is 5.56 Å². The van der Waals surface area contributed by atoms with Gasteiger partial charge in [0.2, 0.25) is 5.95 Å². The van der Waals surface area contributed by atoms with Gasteiger partial charge in [0.05, 0.1) is 17.4 Å². The Kier molecular flexibility index (Phi) is 3.48. The second-order valence-electron chi connectivity index (χ2n) is 5.07. The first-order chi connectivity index (χ1) is 10.1. The number of hydrogen-bond acceptors (Lipinski definition) is 5. The van der Waals surface area contributed by atoms with E-state index in [2.05, 4.69) is 15.3 Å². The average molecular weight is 301 g/mol. The molecule has 1 atom stereocenters. The Morgan fingerprint density at radius 1 is 1.38 bits per heavy atom. The van der Waals surface area contributed by atoms with Crippen molar-refractivity contribution in [2.45, 2.75) is 12.5 Å². The topological polar surface area (TPSA) is 78.0 Å². The quantitative estimate of drug-likeness (QED) is 0.691. The second-order valence-corrected chi connectivity index (χ2v) is 5.85. The van der Waals surface area contributed by atoms with Crippen LogP contribution in [0.15, 0.2) is 45.9 Å². The highest BCUT2D eigenvalue weighted by Gasteiger charge is 2.23. The summed E-state index contributed by atoms with van der Waals surface area (Å²) >= 11 is 1.53. The van der Waals surface area contributed by atoms with Crippen molar-refractivity contribution in [3.05, 3.63) is 57.0 Å². The summed E-state index contributed by atoms with van der Waals surface area (Å²) in [6.07, 6.45) is 0. The van der Waals surface area contributed by atoms with Crippen molar-refractivity contribution in [3.63, 3.8) is 0 Å². The summed E-state index contributed by atoms with van der Waals surface area (Å²) in [5, 5.41) is 17.8. The van der Waals surface area contributed by atoms with E-state index in [4.69, 9.17) is 0 Å². The summed E-state index contributed by atoms with van der Waals surface area (Å²) in [6.45, 7) is 1.98. The minimum Gasteiger partial charge on any atom is -0.384 e. The molecule has 2 aromatic heterocycles. The lowest BCUT2D eigenvalue weighted by Gasteiger charge is -2.22. The molecule has 2 heterocycles. The molecule has 0 fully saturated rings. The Morgan fingerprint density at radius 3 is 2.95 bits per heavy atom. The minimum atomic E-state index is -1.02. The summed E-state index contributed by atoms with van der Waals surface area (Å²) in [5.74, 6) is 0.356. The molecule has 108 valence electrons. The van der Waals surface area contributed by atoms with Crippen LogP contribution in [-0.4, -0.2) is 21.6 Å². The van der Waals surface area contributed by atoms with Crippen LogP contribution in [0.4, 0.5) is 5.95 Å². The Bertz CT molecular complexity index is 809. The van der Waals surface area contributed by atoms with Gasteiger partial charge in [-0.2, -0.15) is 11.3 Å². The number of benzene rings is 1. The van der Waals surface area contributed by atoms with Crippen LogP contribution in [-0.2, 0) is 5.60 Å². The van der Waals surface area contributed by atoms with E-state index in [1.165, 1.54) is 11.3 Å². The summed E-state index contributed by atoms with van der Waals surface area (Å²) in [4.78, 5) is 19.0. The largest absolute Gasteiger partial charge is 0.384 e. The van der Waals surface area contributed by atoms with Crippen LogP contribution in [0.2, 0.25) is 0 Å². The number of nitrogens with one attached hydrogen (secondary N) is 2. The molecule has 0 aliphatic heterocycles. The fourth-order valence-electron chi connectivity index (χ4n) is 2.10. The van der Waals surface area contributed by atoms with E-state index in [1.807, 2.05) is 22.9 Å². The molecule has 0 aliphatic carbocycles. The molecule has 0 aliphatic rings. The zero-order valence-electron chi connectivity index (χ0n) is 11.5. The van der Waals surface area contributed by atoms with Gasteiger partial charge >= 0.3 is 0 Å². The molecule has 0 saturated heterocycles. The number of rotatable bonds is 4. The molecule has 6 heteroatoms. The van der Waals surface area contributed by atoms with Crippen LogP contribution in [0.5, 0.6) is 0 Å². The van der Waals surface area contributed by atoms with Gasteiger partial charge in [-0.25, -0.2) is 4.98 Å². The Hall–Kier alpha value is -2.18. The highest BCUT2D eigenvalue weighted by atomic mass is 32.1. The third-order valence-electron chi connectivity index (χ3n) is 3.36. The maximum atomic E-state index is 12.0. The van der Waals surface area contributed by atoms with E-state index in [-0.39, 0.29) is 12.1 Å². The second kappa shape index (κ2) is 5.31. The lowest BCUT2D eigenvalue weighted by Crippen LogP contribution is -2.31. The molecule has 3 N–H and O–H groups in total. The molecule has 0 amide bonds. The maximum Gasteiger partial charge on any atom is 0.260 e. The summed E-state index contributed by atoms with van der Waals surface area (Å²) in [6, 6.07) is 9.02. The van der Waals surface area contributed by atoms with Gasteiger partial charge in [0.1, 0.15) is 5.60 Å². The van der Waals surface area contributed by atoms with Gasteiger partial charge in [-0.05, 0) is 41.4 Å². The molecule has 0 spiro atoms. The molecule has 1 unspecified atom stereocenters. The first kappa shape index (κ1) is 13.8. The summed E-state index contributed by atoms with van der Waals surface area (Å²) in [5.41, 5.74) is 0.241. The minimum absolute atomic E-state index is 0.196. The molecule has 5 nitrogen and oxygen atoms in total. The van der Waals surface area contributed by atoms with E-state index in [0.29, 0.717) is 16.9 Å². The zero-order valence-corrected chi connectivity index (χ0v) is 12.3. The molecule has 0 bridgehead atoms. The number of hydrogen-bond donors (Lipinski definition) is 3.